The summed E-state index contributed by atoms with van der Waals surface area (Å²) >= 11 is 1.73. The van der Waals surface area contributed by atoms with Crippen LogP contribution in [0.5, 0.6) is 0 Å². The number of nitro benzene ring substituents is 1. The van der Waals surface area contributed by atoms with Gasteiger partial charge in [0.05, 0.1) is 4.92 Å². The lowest BCUT2D eigenvalue weighted by Gasteiger charge is -2.25. The predicted molar refractivity (Wildman–Crippen MR) is 85.6 cm³/mol. The van der Waals surface area contributed by atoms with Gasteiger partial charge in [0, 0.05) is 36.2 Å². The third kappa shape index (κ3) is 3.07. The lowest BCUT2D eigenvalue weighted by molar-refractivity contribution is -0.384. The number of fused-ring (bicyclic) bond motifs is 1. The highest BCUT2D eigenvalue weighted by Crippen LogP contribution is 2.24. The van der Waals surface area contributed by atoms with Crippen LogP contribution in [0.15, 0.2) is 41.8 Å². The third-order valence-electron chi connectivity index (χ3n) is 3.62. The molecule has 0 saturated heterocycles. The number of carbonyl (C=O) groups is 1. The molecule has 2 heterocycles. The standard InChI is InChI=1S/C16H14N2O3S/c19-16(17-8-6-15-13(11-17)7-9-22-15)5-4-12-2-1-3-14(10-12)18(20)21/h1-5,7,9-10H,6,8,11H2/b5-4+. The monoisotopic (exact) mass is 314 g/mol. The summed E-state index contributed by atoms with van der Waals surface area (Å²) in [5.41, 5.74) is 1.89. The molecule has 1 aliphatic rings. The Balaban J connectivity index is 1.69. The molecule has 0 atom stereocenters. The van der Waals surface area contributed by atoms with Crippen LogP contribution in [0.2, 0.25) is 0 Å². The van der Waals surface area contributed by atoms with E-state index in [1.807, 2.05) is 0 Å². The average molecular weight is 314 g/mol. The molecule has 1 aliphatic heterocycles. The normalized spacial score (nSPS) is 14.1. The number of benzene rings is 1. The molecule has 0 aliphatic carbocycles. The quantitative estimate of drug-likeness (QED) is 0.496. The van der Waals surface area contributed by atoms with Crippen LogP contribution in [0.25, 0.3) is 6.08 Å². The van der Waals surface area contributed by atoms with Gasteiger partial charge >= 0.3 is 0 Å². The van der Waals surface area contributed by atoms with Crippen molar-refractivity contribution < 1.29 is 9.72 Å². The molecule has 2 aromatic rings. The van der Waals surface area contributed by atoms with Gasteiger partial charge in [-0.05, 0) is 35.1 Å². The van der Waals surface area contributed by atoms with Crippen molar-refractivity contribution in [3.05, 3.63) is 67.9 Å². The van der Waals surface area contributed by atoms with E-state index in [1.54, 1.807) is 34.4 Å². The summed E-state index contributed by atoms with van der Waals surface area (Å²) in [6.45, 7) is 1.35. The van der Waals surface area contributed by atoms with Gasteiger partial charge in [0.2, 0.25) is 5.91 Å². The summed E-state index contributed by atoms with van der Waals surface area (Å²) in [7, 11) is 0. The second-order valence-corrected chi connectivity index (χ2v) is 6.06. The van der Waals surface area contributed by atoms with Crippen LogP contribution in [0, 0.1) is 10.1 Å². The van der Waals surface area contributed by atoms with Crippen molar-refractivity contribution >= 4 is 29.0 Å². The van der Waals surface area contributed by atoms with E-state index in [0.29, 0.717) is 18.7 Å². The molecule has 1 amide bonds. The maximum absolute atomic E-state index is 12.2. The second kappa shape index (κ2) is 6.11. The SMILES string of the molecule is O=C(/C=C/c1cccc([N+](=O)[O-])c1)N1CCc2sccc2C1. The maximum Gasteiger partial charge on any atom is 0.270 e. The van der Waals surface area contributed by atoms with E-state index in [2.05, 4.69) is 11.4 Å². The zero-order chi connectivity index (χ0) is 15.5. The zero-order valence-corrected chi connectivity index (χ0v) is 12.6. The van der Waals surface area contributed by atoms with Gasteiger partial charge in [-0.25, -0.2) is 0 Å². The molecular formula is C16H14N2O3S. The fraction of sp³-hybridized carbons (Fsp3) is 0.188. The number of rotatable bonds is 3. The zero-order valence-electron chi connectivity index (χ0n) is 11.8. The molecule has 0 saturated carbocycles. The number of non-ortho nitro benzene ring substituents is 1. The Hall–Kier alpha value is -2.47. The number of nitro groups is 1. The highest BCUT2D eigenvalue weighted by Gasteiger charge is 2.19. The van der Waals surface area contributed by atoms with Gasteiger partial charge in [0.15, 0.2) is 0 Å². The summed E-state index contributed by atoms with van der Waals surface area (Å²) in [6.07, 6.45) is 4.00. The van der Waals surface area contributed by atoms with Crippen LogP contribution >= 0.6 is 11.3 Å². The van der Waals surface area contributed by atoms with Crippen molar-refractivity contribution in [1.82, 2.24) is 4.90 Å². The van der Waals surface area contributed by atoms with Crippen molar-refractivity contribution in [2.24, 2.45) is 0 Å². The average Bonchev–Trinajstić information content (AvgIpc) is 3.00. The number of carbonyl (C=O) groups excluding carboxylic acids is 1. The third-order valence-corrected chi connectivity index (χ3v) is 4.64. The van der Waals surface area contributed by atoms with Gasteiger partial charge in [-0.3, -0.25) is 14.9 Å². The Morgan fingerprint density at radius 1 is 1.36 bits per heavy atom. The van der Waals surface area contributed by atoms with E-state index >= 15 is 0 Å². The molecule has 6 heteroatoms. The molecule has 112 valence electrons. The van der Waals surface area contributed by atoms with Crippen LogP contribution < -0.4 is 0 Å². The largest absolute Gasteiger partial charge is 0.334 e. The summed E-state index contributed by atoms with van der Waals surface area (Å²) in [5.74, 6) is -0.0663. The summed E-state index contributed by atoms with van der Waals surface area (Å²) in [4.78, 5) is 25.7. The van der Waals surface area contributed by atoms with Gasteiger partial charge < -0.3 is 4.90 Å². The van der Waals surface area contributed by atoms with E-state index < -0.39 is 4.92 Å². The molecular weight excluding hydrogens is 300 g/mol. The molecule has 1 aromatic heterocycles. The fourth-order valence-corrected chi connectivity index (χ4v) is 3.34. The van der Waals surface area contributed by atoms with E-state index in [1.165, 1.54) is 28.6 Å². The van der Waals surface area contributed by atoms with E-state index in [0.717, 1.165) is 6.42 Å². The summed E-state index contributed by atoms with van der Waals surface area (Å²) < 4.78 is 0. The lowest BCUT2D eigenvalue weighted by atomic mass is 10.1. The smallest absolute Gasteiger partial charge is 0.270 e. The molecule has 5 nitrogen and oxygen atoms in total. The van der Waals surface area contributed by atoms with Crippen LogP contribution in [0.1, 0.15) is 16.0 Å². The number of hydrogen-bond donors (Lipinski definition) is 0. The Kier molecular flexibility index (Phi) is 4.02. The van der Waals surface area contributed by atoms with E-state index in [9.17, 15) is 14.9 Å². The van der Waals surface area contributed by atoms with E-state index in [4.69, 9.17) is 0 Å². The molecule has 0 radical (unpaired) electrons. The predicted octanol–water partition coefficient (Wildman–Crippen LogP) is 3.25. The van der Waals surface area contributed by atoms with Crippen LogP contribution in [0.3, 0.4) is 0 Å². The molecule has 0 unspecified atom stereocenters. The Bertz CT molecular complexity index is 751. The topological polar surface area (TPSA) is 63.4 Å². The molecule has 0 N–H and O–H groups in total. The highest BCUT2D eigenvalue weighted by molar-refractivity contribution is 7.10. The van der Waals surface area contributed by atoms with Crippen LogP contribution in [-0.4, -0.2) is 22.3 Å². The van der Waals surface area contributed by atoms with Gasteiger partial charge in [0.25, 0.3) is 5.69 Å². The van der Waals surface area contributed by atoms with Crippen molar-refractivity contribution in [3.63, 3.8) is 0 Å². The first-order chi connectivity index (χ1) is 10.6. The number of hydrogen-bond acceptors (Lipinski definition) is 4. The molecule has 1 aromatic carbocycles. The summed E-state index contributed by atoms with van der Waals surface area (Å²) in [5, 5.41) is 12.8. The minimum atomic E-state index is -0.443. The number of thiophene rings is 1. The van der Waals surface area contributed by atoms with Crippen molar-refractivity contribution in [1.29, 1.82) is 0 Å². The van der Waals surface area contributed by atoms with Crippen molar-refractivity contribution in [3.8, 4) is 0 Å². The number of amides is 1. The minimum absolute atomic E-state index is 0.0236. The first kappa shape index (κ1) is 14.5. The molecule has 22 heavy (non-hydrogen) atoms. The van der Waals surface area contributed by atoms with Crippen molar-refractivity contribution in [2.45, 2.75) is 13.0 Å². The minimum Gasteiger partial charge on any atom is -0.334 e. The maximum atomic E-state index is 12.2. The van der Waals surface area contributed by atoms with Crippen LogP contribution in [-0.2, 0) is 17.8 Å². The highest BCUT2D eigenvalue weighted by atomic mass is 32.1. The molecule has 0 bridgehead atoms. The van der Waals surface area contributed by atoms with E-state index in [-0.39, 0.29) is 11.6 Å². The molecule has 3 rings (SSSR count). The second-order valence-electron chi connectivity index (χ2n) is 5.06. The van der Waals surface area contributed by atoms with Gasteiger partial charge in [0.1, 0.15) is 0 Å². The summed E-state index contributed by atoms with van der Waals surface area (Å²) in [6, 6.07) is 8.30. The number of nitrogens with zero attached hydrogens (tertiary/aromatic N) is 2. The van der Waals surface area contributed by atoms with Gasteiger partial charge in [-0.2, -0.15) is 0 Å². The lowest BCUT2D eigenvalue weighted by Crippen LogP contribution is -2.34. The Labute approximate surface area is 131 Å². The van der Waals surface area contributed by atoms with Crippen LogP contribution in [0.4, 0.5) is 5.69 Å². The Morgan fingerprint density at radius 2 is 2.23 bits per heavy atom. The van der Waals surface area contributed by atoms with Gasteiger partial charge in [-0.15, -0.1) is 11.3 Å². The van der Waals surface area contributed by atoms with Crippen molar-refractivity contribution in [2.75, 3.05) is 6.54 Å². The molecule has 0 fully saturated rings. The molecule has 0 spiro atoms. The first-order valence-electron chi connectivity index (χ1n) is 6.90. The fourth-order valence-electron chi connectivity index (χ4n) is 2.45. The first-order valence-corrected chi connectivity index (χ1v) is 7.78. The Morgan fingerprint density at radius 3 is 3.05 bits per heavy atom. The van der Waals surface area contributed by atoms with Gasteiger partial charge in [-0.1, -0.05) is 12.1 Å².